The van der Waals surface area contributed by atoms with Crippen LogP contribution in [0.2, 0.25) is 0 Å². The topological polar surface area (TPSA) is 60.4 Å². The predicted octanol–water partition coefficient (Wildman–Crippen LogP) is 5.25. The summed E-state index contributed by atoms with van der Waals surface area (Å²) in [7, 11) is -3.62. The van der Waals surface area contributed by atoms with Gasteiger partial charge in [-0.25, -0.2) is 12.8 Å². The Labute approximate surface area is 171 Å². The lowest BCUT2D eigenvalue weighted by Gasteiger charge is -2.34. The van der Waals surface area contributed by atoms with Crippen molar-refractivity contribution >= 4 is 15.6 Å². The summed E-state index contributed by atoms with van der Waals surface area (Å²) >= 11 is 0. The van der Waals surface area contributed by atoms with Crippen LogP contribution in [0.25, 0.3) is 0 Å². The van der Waals surface area contributed by atoms with Gasteiger partial charge in [0.2, 0.25) is 0 Å². The number of hydrogen-bond donors (Lipinski definition) is 0. The number of carbonyl (C=O) groups is 1. The molecule has 1 saturated carbocycles. The number of halogens is 4. The molecular weight excluding hydrogens is 424 g/mol. The number of carbonyl (C=O) groups excluding carboxylic acids is 1. The van der Waals surface area contributed by atoms with Crippen LogP contribution in [-0.4, -0.2) is 25.8 Å². The van der Waals surface area contributed by atoms with E-state index in [1.807, 2.05) is 0 Å². The number of ketones is 1. The molecule has 0 unspecified atom stereocenters. The molecule has 3 rings (SSSR count). The highest BCUT2D eigenvalue weighted by Crippen LogP contribution is 2.39. The summed E-state index contributed by atoms with van der Waals surface area (Å²) in [6, 6.07) is 8.41. The number of alkyl halides is 3. The van der Waals surface area contributed by atoms with Crippen molar-refractivity contribution in [2.45, 2.75) is 49.1 Å². The van der Waals surface area contributed by atoms with E-state index in [0.717, 1.165) is 18.2 Å². The van der Waals surface area contributed by atoms with Crippen molar-refractivity contribution in [3.63, 3.8) is 0 Å². The van der Waals surface area contributed by atoms with Gasteiger partial charge in [0.05, 0.1) is 10.1 Å². The molecule has 1 fully saturated rings. The van der Waals surface area contributed by atoms with Gasteiger partial charge in [0, 0.05) is 12.0 Å². The standard InChI is InChI=1S/C21H20F4O4S/c1-13-8-16(22)12-18(9-13)30(27,28)19-10-14(11-19)2-7-20(26)15-3-5-17(6-4-15)29-21(23,24)25/h3-6,8-9,12,14,19H,2,7,10-11H2,1H3. The fourth-order valence-corrected chi connectivity index (χ4v) is 5.61. The SMILES string of the molecule is Cc1cc(F)cc(S(=O)(=O)C2CC(CCC(=O)c3ccc(OC(F)(F)F)cc3)C2)c1. The van der Waals surface area contributed by atoms with Crippen LogP contribution in [0.1, 0.15) is 41.6 Å². The highest BCUT2D eigenvalue weighted by atomic mass is 32.2. The molecule has 9 heteroatoms. The summed E-state index contributed by atoms with van der Waals surface area (Å²) in [6.07, 6.45) is -3.37. The van der Waals surface area contributed by atoms with Crippen LogP contribution < -0.4 is 4.74 Å². The molecule has 0 aliphatic heterocycles. The summed E-state index contributed by atoms with van der Waals surface area (Å²) in [5.74, 6) is -1.18. The summed E-state index contributed by atoms with van der Waals surface area (Å²) in [5.41, 5.74) is 0.796. The Morgan fingerprint density at radius 3 is 2.30 bits per heavy atom. The number of sulfone groups is 1. The number of benzene rings is 2. The lowest BCUT2D eigenvalue weighted by molar-refractivity contribution is -0.274. The van der Waals surface area contributed by atoms with E-state index in [-0.39, 0.29) is 28.6 Å². The molecule has 0 saturated heterocycles. The second-order valence-electron chi connectivity index (χ2n) is 7.50. The molecule has 162 valence electrons. The van der Waals surface area contributed by atoms with Crippen molar-refractivity contribution in [1.82, 2.24) is 0 Å². The molecular formula is C21H20F4O4S. The Hall–Kier alpha value is -2.42. The maximum Gasteiger partial charge on any atom is 0.573 e. The van der Waals surface area contributed by atoms with E-state index >= 15 is 0 Å². The van der Waals surface area contributed by atoms with Gasteiger partial charge in [0.1, 0.15) is 11.6 Å². The van der Waals surface area contributed by atoms with Gasteiger partial charge in [-0.3, -0.25) is 4.79 Å². The monoisotopic (exact) mass is 444 g/mol. The molecule has 0 spiro atoms. The molecule has 0 radical (unpaired) electrons. The molecule has 1 aliphatic rings. The molecule has 0 heterocycles. The van der Waals surface area contributed by atoms with Gasteiger partial charge in [-0.05, 0) is 80.1 Å². The number of ether oxygens (including phenoxy) is 1. The van der Waals surface area contributed by atoms with Gasteiger partial charge in [0.25, 0.3) is 0 Å². The number of aryl methyl sites for hydroxylation is 1. The second kappa shape index (κ2) is 8.37. The Kier molecular flexibility index (Phi) is 6.21. The van der Waals surface area contributed by atoms with Crippen molar-refractivity contribution in [2.24, 2.45) is 5.92 Å². The first-order valence-electron chi connectivity index (χ1n) is 9.34. The maximum atomic E-state index is 13.5. The van der Waals surface area contributed by atoms with Gasteiger partial charge in [-0.15, -0.1) is 13.2 Å². The molecule has 2 aromatic rings. The van der Waals surface area contributed by atoms with Crippen molar-refractivity contribution in [3.8, 4) is 5.75 Å². The smallest absolute Gasteiger partial charge is 0.406 e. The molecule has 0 bridgehead atoms. The third kappa shape index (κ3) is 5.38. The van der Waals surface area contributed by atoms with Gasteiger partial charge < -0.3 is 4.74 Å². The van der Waals surface area contributed by atoms with Crippen molar-refractivity contribution < 1.29 is 35.5 Å². The molecule has 0 aromatic heterocycles. The molecule has 0 N–H and O–H groups in total. The third-order valence-electron chi connectivity index (χ3n) is 5.16. The van der Waals surface area contributed by atoms with Gasteiger partial charge in [0.15, 0.2) is 15.6 Å². The van der Waals surface area contributed by atoms with Crippen LogP contribution in [0.4, 0.5) is 17.6 Å². The van der Waals surface area contributed by atoms with Crippen LogP contribution >= 0.6 is 0 Å². The normalized spacial score (nSPS) is 19.2. The summed E-state index contributed by atoms with van der Waals surface area (Å²) in [4.78, 5) is 12.2. The fraction of sp³-hybridized carbons (Fsp3) is 0.381. The fourth-order valence-electron chi connectivity index (χ4n) is 3.55. The average molecular weight is 444 g/mol. The van der Waals surface area contributed by atoms with Crippen LogP contribution in [-0.2, 0) is 9.84 Å². The Morgan fingerprint density at radius 1 is 1.10 bits per heavy atom. The van der Waals surface area contributed by atoms with E-state index in [2.05, 4.69) is 4.74 Å². The van der Waals surface area contributed by atoms with E-state index in [1.54, 1.807) is 6.92 Å². The first-order valence-corrected chi connectivity index (χ1v) is 10.9. The van der Waals surface area contributed by atoms with Crippen LogP contribution in [0, 0.1) is 18.7 Å². The molecule has 1 aliphatic carbocycles. The summed E-state index contributed by atoms with van der Waals surface area (Å²) in [5, 5.41) is -0.599. The Morgan fingerprint density at radius 2 is 1.73 bits per heavy atom. The highest BCUT2D eigenvalue weighted by Gasteiger charge is 2.39. The number of hydrogen-bond acceptors (Lipinski definition) is 4. The van der Waals surface area contributed by atoms with Crippen molar-refractivity contribution in [2.75, 3.05) is 0 Å². The Balaban J connectivity index is 1.51. The molecule has 30 heavy (non-hydrogen) atoms. The second-order valence-corrected chi connectivity index (χ2v) is 9.73. The minimum atomic E-state index is -4.79. The van der Waals surface area contributed by atoms with E-state index in [1.165, 1.54) is 24.3 Å². The zero-order valence-corrected chi connectivity index (χ0v) is 16.9. The van der Waals surface area contributed by atoms with Crippen molar-refractivity contribution in [1.29, 1.82) is 0 Å². The largest absolute Gasteiger partial charge is 0.573 e. The molecule has 4 nitrogen and oxygen atoms in total. The summed E-state index contributed by atoms with van der Waals surface area (Å²) in [6.45, 7) is 1.62. The van der Waals surface area contributed by atoms with E-state index in [4.69, 9.17) is 0 Å². The van der Waals surface area contributed by atoms with E-state index in [0.29, 0.717) is 24.8 Å². The Bertz CT molecular complexity index is 1000. The first-order chi connectivity index (χ1) is 13.9. The zero-order chi connectivity index (χ0) is 22.1. The van der Waals surface area contributed by atoms with E-state index < -0.39 is 33.0 Å². The predicted molar refractivity (Wildman–Crippen MR) is 102 cm³/mol. The van der Waals surface area contributed by atoms with Gasteiger partial charge in [-0.2, -0.15) is 0 Å². The zero-order valence-electron chi connectivity index (χ0n) is 16.1. The minimum Gasteiger partial charge on any atom is -0.406 e. The lowest BCUT2D eigenvalue weighted by Crippen LogP contribution is -2.36. The van der Waals surface area contributed by atoms with Crippen LogP contribution in [0.15, 0.2) is 47.4 Å². The number of Topliss-reactive ketones (excluding diaryl/α,β-unsaturated/α-hetero) is 1. The molecule has 0 atom stereocenters. The van der Waals surface area contributed by atoms with E-state index in [9.17, 15) is 30.8 Å². The van der Waals surface area contributed by atoms with Crippen molar-refractivity contribution in [3.05, 3.63) is 59.4 Å². The maximum absolute atomic E-state index is 13.5. The van der Waals surface area contributed by atoms with Crippen LogP contribution in [0.5, 0.6) is 5.75 Å². The van der Waals surface area contributed by atoms with Gasteiger partial charge in [-0.1, -0.05) is 0 Å². The minimum absolute atomic E-state index is 0.0271. The lowest BCUT2D eigenvalue weighted by atomic mass is 9.80. The third-order valence-corrected chi connectivity index (χ3v) is 7.32. The molecule has 0 amide bonds. The number of rotatable bonds is 7. The van der Waals surface area contributed by atoms with Gasteiger partial charge >= 0.3 is 6.36 Å². The first kappa shape index (κ1) is 22.3. The molecule has 2 aromatic carbocycles. The quantitative estimate of drug-likeness (QED) is 0.432. The van der Waals surface area contributed by atoms with Crippen LogP contribution in [0.3, 0.4) is 0 Å². The summed E-state index contributed by atoms with van der Waals surface area (Å²) < 4.78 is 79.1. The average Bonchev–Trinajstić information content (AvgIpc) is 2.58. The highest BCUT2D eigenvalue weighted by molar-refractivity contribution is 7.92.